The SMILES string of the molecule is CC(Sc1nncn1C)c1cccc(N2CCCCC2)c1. The monoisotopic (exact) mass is 302 g/mol. The van der Waals surface area contributed by atoms with Crippen LogP contribution in [0, 0.1) is 0 Å². The highest BCUT2D eigenvalue weighted by molar-refractivity contribution is 7.99. The Balaban J connectivity index is 1.74. The van der Waals surface area contributed by atoms with Gasteiger partial charge in [0.25, 0.3) is 0 Å². The van der Waals surface area contributed by atoms with E-state index in [1.807, 2.05) is 11.6 Å². The lowest BCUT2D eigenvalue weighted by Crippen LogP contribution is -2.29. The summed E-state index contributed by atoms with van der Waals surface area (Å²) in [5.74, 6) is 0. The second-order valence-electron chi connectivity index (χ2n) is 5.63. The van der Waals surface area contributed by atoms with Crippen LogP contribution in [0.4, 0.5) is 5.69 Å². The van der Waals surface area contributed by atoms with Gasteiger partial charge in [-0.25, -0.2) is 0 Å². The largest absolute Gasteiger partial charge is 0.372 e. The number of hydrogen-bond donors (Lipinski definition) is 0. The molecule has 1 aliphatic rings. The number of benzene rings is 1. The molecule has 0 aliphatic carbocycles. The van der Waals surface area contributed by atoms with Gasteiger partial charge in [-0.1, -0.05) is 23.9 Å². The van der Waals surface area contributed by atoms with Crippen LogP contribution in [0.5, 0.6) is 0 Å². The predicted octanol–water partition coefficient (Wildman–Crippen LogP) is 3.66. The Morgan fingerprint density at radius 3 is 2.71 bits per heavy atom. The maximum Gasteiger partial charge on any atom is 0.191 e. The lowest BCUT2D eigenvalue weighted by Gasteiger charge is -2.29. The first-order valence-electron chi connectivity index (χ1n) is 7.59. The number of anilines is 1. The van der Waals surface area contributed by atoms with Crippen molar-refractivity contribution in [2.75, 3.05) is 18.0 Å². The number of hydrogen-bond acceptors (Lipinski definition) is 4. The predicted molar refractivity (Wildman–Crippen MR) is 87.8 cm³/mol. The third-order valence-corrected chi connectivity index (χ3v) is 5.22. The highest BCUT2D eigenvalue weighted by Crippen LogP contribution is 2.35. The second kappa shape index (κ2) is 6.52. The van der Waals surface area contributed by atoms with E-state index in [2.05, 4.69) is 46.3 Å². The van der Waals surface area contributed by atoms with Crippen molar-refractivity contribution in [2.24, 2.45) is 7.05 Å². The fourth-order valence-corrected chi connectivity index (χ4v) is 3.64. The molecule has 1 unspecified atom stereocenters. The molecule has 1 aromatic heterocycles. The molecular weight excluding hydrogens is 280 g/mol. The summed E-state index contributed by atoms with van der Waals surface area (Å²) >= 11 is 1.76. The van der Waals surface area contributed by atoms with Gasteiger partial charge in [0.1, 0.15) is 6.33 Å². The number of aromatic nitrogens is 3. The van der Waals surface area contributed by atoms with Gasteiger partial charge >= 0.3 is 0 Å². The molecule has 21 heavy (non-hydrogen) atoms. The van der Waals surface area contributed by atoms with Crippen molar-refractivity contribution in [1.29, 1.82) is 0 Å². The molecule has 2 heterocycles. The number of nitrogens with zero attached hydrogens (tertiary/aromatic N) is 4. The topological polar surface area (TPSA) is 34.0 Å². The summed E-state index contributed by atoms with van der Waals surface area (Å²) in [6.07, 6.45) is 5.74. The molecule has 0 saturated carbocycles. The zero-order valence-electron chi connectivity index (χ0n) is 12.7. The molecule has 1 fully saturated rings. The van der Waals surface area contributed by atoms with Gasteiger partial charge in [-0.3, -0.25) is 0 Å². The van der Waals surface area contributed by atoms with Crippen LogP contribution in [-0.4, -0.2) is 27.9 Å². The highest BCUT2D eigenvalue weighted by Gasteiger charge is 2.15. The van der Waals surface area contributed by atoms with E-state index in [0.717, 1.165) is 5.16 Å². The number of rotatable bonds is 4. The van der Waals surface area contributed by atoms with Crippen molar-refractivity contribution in [3.63, 3.8) is 0 Å². The minimum atomic E-state index is 0.373. The fraction of sp³-hybridized carbons (Fsp3) is 0.500. The van der Waals surface area contributed by atoms with E-state index in [0.29, 0.717) is 5.25 Å². The van der Waals surface area contributed by atoms with Crippen molar-refractivity contribution in [2.45, 2.75) is 36.6 Å². The third kappa shape index (κ3) is 3.40. The lowest BCUT2D eigenvalue weighted by atomic mass is 10.1. The van der Waals surface area contributed by atoms with E-state index in [9.17, 15) is 0 Å². The summed E-state index contributed by atoms with van der Waals surface area (Å²) in [4.78, 5) is 2.51. The Morgan fingerprint density at radius 2 is 2.00 bits per heavy atom. The molecule has 0 N–H and O–H groups in total. The molecule has 112 valence electrons. The lowest BCUT2D eigenvalue weighted by molar-refractivity contribution is 0.577. The zero-order chi connectivity index (χ0) is 14.7. The van der Waals surface area contributed by atoms with Gasteiger partial charge in [-0.15, -0.1) is 10.2 Å². The first kappa shape index (κ1) is 14.4. The molecule has 1 aliphatic heterocycles. The van der Waals surface area contributed by atoms with E-state index in [-0.39, 0.29) is 0 Å². The molecule has 1 atom stereocenters. The summed E-state index contributed by atoms with van der Waals surface area (Å²) in [6.45, 7) is 4.61. The van der Waals surface area contributed by atoms with E-state index in [4.69, 9.17) is 0 Å². The van der Waals surface area contributed by atoms with Crippen LogP contribution in [0.25, 0.3) is 0 Å². The van der Waals surface area contributed by atoms with Crippen molar-refractivity contribution in [1.82, 2.24) is 14.8 Å². The molecule has 1 aromatic carbocycles. The van der Waals surface area contributed by atoms with Gasteiger partial charge in [0.2, 0.25) is 0 Å². The summed E-state index contributed by atoms with van der Waals surface area (Å²) in [5.41, 5.74) is 2.71. The highest BCUT2D eigenvalue weighted by atomic mass is 32.2. The number of aryl methyl sites for hydroxylation is 1. The zero-order valence-corrected chi connectivity index (χ0v) is 13.5. The Labute approximate surface area is 130 Å². The third-order valence-electron chi connectivity index (χ3n) is 4.01. The Kier molecular flexibility index (Phi) is 4.48. The smallest absolute Gasteiger partial charge is 0.191 e. The van der Waals surface area contributed by atoms with E-state index < -0.39 is 0 Å². The van der Waals surface area contributed by atoms with Crippen molar-refractivity contribution >= 4 is 17.4 Å². The maximum atomic E-state index is 4.16. The van der Waals surface area contributed by atoms with Crippen LogP contribution in [0.15, 0.2) is 35.7 Å². The van der Waals surface area contributed by atoms with E-state index in [1.165, 1.54) is 43.6 Å². The van der Waals surface area contributed by atoms with E-state index >= 15 is 0 Å². The molecule has 3 rings (SSSR count). The molecule has 5 heteroatoms. The summed E-state index contributed by atoms with van der Waals surface area (Å²) < 4.78 is 1.97. The summed E-state index contributed by atoms with van der Waals surface area (Å²) in [5, 5.41) is 9.44. The fourth-order valence-electron chi connectivity index (χ4n) is 2.73. The quantitative estimate of drug-likeness (QED) is 0.807. The normalized spacial score (nSPS) is 17.0. The van der Waals surface area contributed by atoms with Crippen molar-refractivity contribution < 1.29 is 0 Å². The minimum absolute atomic E-state index is 0.373. The summed E-state index contributed by atoms with van der Waals surface area (Å²) in [7, 11) is 1.99. The van der Waals surface area contributed by atoms with Crippen LogP contribution in [0.1, 0.15) is 37.0 Å². The van der Waals surface area contributed by atoms with Crippen LogP contribution in [-0.2, 0) is 7.05 Å². The maximum absolute atomic E-state index is 4.16. The molecule has 2 aromatic rings. The Hall–Kier alpha value is -1.49. The number of thioether (sulfide) groups is 1. The second-order valence-corrected chi connectivity index (χ2v) is 6.94. The van der Waals surface area contributed by atoms with Gasteiger partial charge in [0.15, 0.2) is 5.16 Å². The van der Waals surface area contributed by atoms with Gasteiger partial charge < -0.3 is 9.47 Å². The van der Waals surface area contributed by atoms with Gasteiger partial charge in [0, 0.05) is 31.1 Å². The Bertz CT molecular complexity index is 589. The van der Waals surface area contributed by atoms with Gasteiger partial charge in [0.05, 0.1) is 0 Å². The summed E-state index contributed by atoms with van der Waals surface area (Å²) in [6, 6.07) is 8.95. The molecule has 0 spiro atoms. The van der Waals surface area contributed by atoms with Crippen LogP contribution >= 0.6 is 11.8 Å². The molecule has 4 nitrogen and oxygen atoms in total. The average molecular weight is 302 g/mol. The molecule has 1 saturated heterocycles. The molecule has 0 bridgehead atoms. The van der Waals surface area contributed by atoms with Crippen LogP contribution in [0.2, 0.25) is 0 Å². The van der Waals surface area contributed by atoms with E-state index in [1.54, 1.807) is 18.1 Å². The molecular formula is C16H22N4S. The standard InChI is InChI=1S/C16H22N4S/c1-13(21-16-18-17-12-19(16)2)14-7-6-8-15(11-14)20-9-4-3-5-10-20/h6-8,11-13H,3-5,9-10H2,1-2H3. The minimum Gasteiger partial charge on any atom is -0.372 e. The average Bonchev–Trinajstić information content (AvgIpc) is 2.93. The van der Waals surface area contributed by atoms with Crippen LogP contribution in [0.3, 0.4) is 0 Å². The number of piperidine rings is 1. The first-order chi connectivity index (χ1) is 10.2. The molecule has 0 amide bonds. The van der Waals surface area contributed by atoms with Gasteiger partial charge in [-0.2, -0.15) is 0 Å². The van der Waals surface area contributed by atoms with Crippen molar-refractivity contribution in [3.8, 4) is 0 Å². The van der Waals surface area contributed by atoms with Crippen LogP contribution < -0.4 is 4.90 Å². The van der Waals surface area contributed by atoms with Gasteiger partial charge in [-0.05, 0) is 43.9 Å². The van der Waals surface area contributed by atoms with Crippen molar-refractivity contribution in [3.05, 3.63) is 36.2 Å². The first-order valence-corrected chi connectivity index (χ1v) is 8.47. The Morgan fingerprint density at radius 1 is 1.19 bits per heavy atom. The molecule has 0 radical (unpaired) electrons.